The Morgan fingerprint density at radius 3 is 2.57 bits per heavy atom. The second-order valence-electron chi connectivity index (χ2n) is 10.2. The smallest absolute Gasteiger partial charge is 0.337 e. The van der Waals surface area contributed by atoms with Crippen molar-refractivity contribution in [3.05, 3.63) is 110 Å². The predicted molar refractivity (Wildman–Crippen MR) is 183 cm³/mol. The molecule has 46 heavy (non-hydrogen) atoms. The zero-order chi connectivity index (χ0) is 33.1. The molecule has 0 aromatic heterocycles. The van der Waals surface area contributed by atoms with Gasteiger partial charge in [0.1, 0.15) is 19.0 Å². The first-order chi connectivity index (χ1) is 22.2. The third kappa shape index (κ3) is 9.23. The van der Waals surface area contributed by atoms with Gasteiger partial charge < -0.3 is 34.7 Å². The lowest BCUT2D eigenvalue weighted by Gasteiger charge is -2.28. The van der Waals surface area contributed by atoms with Crippen LogP contribution in [0.4, 0.5) is 4.79 Å². The Morgan fingerprint density at radius 2 is 1.85 bits per heavy atom. The molecule has 0 spiro atoms. The van der Waals surface area contributed by atoms with E-state index in [1.54, 1.807) is 31.3 Å². The molecule has 242 valence electrons. The van der Waals surface area contributed by atoms with Crippen LogP contribution in [-0.4, -0.2) is 49.9 Å². The normalized spacial score (nSPS) is 15.1. The summed E-state index contributed by atoms with van der Waals surface area (Å²) in [6.07, 6.45) is 2.91. The van der Waals surface area contributed by atoms with Crippen molar-refractivity contribution >= 4 is 40.8 Å². The minimum absolute atomic E-state index is 0.139. The molecule has 0 bridgehead atoms. The van der Waals surface area contributed by atoms with Crippen LogP contribution in [0.15, 0.2) is 89.7 Å². The molecule has 4 rings (SSSR count). The second-order valence-corrected chi connectivity index (χ2v) is 11.4. The molecule has 2 atom stereocenters. The Morgan fingerprint density at radius 1 is 1.09 bits per heavy atom. The monoisotopic (exact) mass is 740 g/mol. The van der Waals surface area contributed by atoms with Crippen LogP contribution < -0.4 is 30.3 Å². The van der Waals surface area contributed by atoms with Crippen LogP contribution in [0.5, 0.6) is 17.2 Å². The number of benzene rings is 3. The van der Waals surface area contributed by atoms with E-state index in [9.17, 15) is 14.7 Å². The maximum Gasteiger partial charge on any atom is 0.337 e. The van der Waals surface area contributed by atoms with Crippen molar-refractivity contribution in [2.24, 2.45) is 5.10 Å². The van der Waals surface area contributed by atoms with Gasteiger partial charge >= 0.3 is 12.0 Å². The van der Waals surface area contributed by atoms with Crippen LogP contribution in [0.2, 0.25) is 0 Å². The van der Waals surface area contributed by atoms with Gasteiger partial charge in [0.2, 0.25) is 0 Å². The molecular formula is C34H37IN4O7. The molecule has 0 unspecified atom stereocenters. The fourth-order valence-electron chi connectivity index (χ4n) is 4.70. The first-order valence-corrected chi connectivity index (χ1v) is 15.6. The summed E-state index contributed by atoms with van der Waals surface area (Å²) >= 11 is 2.27. The first kappa shape index (κ1) is 34.3. The van der Waals surface area contributed by atoms with Crippen LogP contribution >= 0.6 is 22.6 Å². The number of hydrogen-bond donors (Lipinski definition) is 4. The van der Waals surface area contributed by atoms with E-state index in [-0.39, 0.29) is 12.2 Å². The molecule has 3 aromatic carbocycles. The number of hydrogen-bond acceptors (Lipinski definition) is 9. The van der Waals surface area contributed by atoms with E-state index in [1.165, 1.54) is 10.7 Å². The predicted octanol–water partition coefficient (Wildman–Crippen LogP) is 5.12. The number of hydrazone groups is 1. The Bertz CT molecular complexity index is 1610. The molecule has 2 amide bonds. The van der Waals surface area contributed by atoms with E-state index in [2.05, 4.69) is 50.3 Å². The van der Waals surface area contributed by atoms with Gasteiger partial charge in [-0.25, -0.2) is 9.59 Å². The lowest BCUT2D eigenvalue weighted by Crippen LogP contribution is -2.45. The van der Waals surface area contributed by atoms with Crippen LogP contribution in [0, 0.1) is 3.57 Å². The van der Waals surface area contributed by atoms with Crippen molar-refractivity contribution in [3.8, 4) is 17.2 Å². The van der Waals surface area contributed by atoms with Gasteiger partial charge in [-0.05, 0) is 108 Å². The molecule has 0 aliphatic carbocycles. The Kier molecular flexibility index (Phi) is 12.4. The van der Waals surface area contributed by atoms with E-state index in [1.807, 2.05) is 55.5 Å². The Labute approximate surface area is 281 Å². The largest absolute Gasteiger partial charge is 0.490 e. The van der Waals surface area contributed by atoms with Crippen LogP contribution in [0.3, 0.4) is 0 Å². The number of aliphatic hydroxyl groups excluding tert-OH is 1. The lowest BCUT2D eigenvalue weighted by atomic mass is 9.95. The average Bonchev–Trinajstić information content (AvgIpc) is 3.04. The van der Waals surface area contributed by atoms with Crippen LogP contribution in [0.25, 0.3) is 0 Å². The summed E-state index contributed by atoms with van der Waals surface area (Å²) in [5.41, 5.74) is 6.79. The number of rotatable bonds is 15. The molecule has 1 aliphatic heterocycles. The van der Waals surface area contributed by atoms with Gasteiger partial charge in [0.05, 0.1) is 31.5 Å². The fourth-order valence-corrected chi connectivity index (χ4v) is 5.06. The molecule has 0 fully saturated rings. The van der Waals surface area contributed by atoms with Gasteiger partial charge in [-0.15, -0.1) is 6.58 Å². The molecular weight excluding hydrogens is 703 g/mol. The highest BCUT2D eigenvalue weighted by Gasteiger charge is 2.32. The summed E-state index contributed by atoms with van der Waals surface area (Å²) in [5.74, 6) is 0.945. The van der Waals surface area contributed by atoms with Crippen molar-refractivity contribution in [2.75, 3.05) is 20.3 Å². The minimum Gasteiger partial charge on any atom is -0.490 e. The number of carbonyl (C=O) groups excluding carboxylic acids is 2. The van der Waals surface area contributed by atoms with Crippen LogP contribution in [0.1, 0.15) is 42.1 Å². The number of urea groups is 1. The van der Waals surface area contributed by atoms with Gasteiger partial charge in [-0.2, -0.15) is 5.10 Å². The third-order valence-electron chi connectivity index (χ3n) is 6.87. The standard InChI is InChI=1S/C34H37IN4O7/c1-5-7-24-16-23(10-14-27(24)45-19-22-8-12-26(35)13-9-22)18-36-39-30(40)20-46-28-15-11-25(17-29(28)44-6-2)32-31(33(41)43-4)21(3)37-34(42)38-32/h5,8-18,30,32,39-40H,1,6-7,19-20H2,2-4H3,(H2,37,38,42)/b36-18-/t30-,32+/m1/s1. The lowest BCUT2D eigenvalue weighted by molar-refractivity contribution is -0.136. The Hall–Kier alpha value is -4.56. The maximum atomic E-state index is 12.5. The molecule has 1 heterocycles. The molecule has 0 saturated heterocycles. The number of allylic oxidation sites excluding steroid dienone is 2. The number of nitrogens with one attached hydrogen (secondary N) is 3. The molecule has 11 nitrogen and oxygen atoms in total. The maximum absolute atomic E-state index is 12.5. The second kappa shape index (κ2) is 16.7. The number of ether oxygens (including phenoxy) is 4. The molecule has 3 aromatic rings. The number of esters is 1. The molecule has 0 saturated carbocycles. The summed E-state index contributed by atoms with van der Waals surface area (Å²) < 4.78 is 23.8. The average molecular weight is 741 g/mol. The summed E-state index contributed by atoms with van der Waals surface area (Å²) in [6, 6.07) is 17.7. The van der Waals surface area contributed by atoms with Gasteiger partial charge in [0.25, 0.3) is 0 Å². The van der Waals surface area contributed by atoms with Crippen molar-refractivity contribution in [2.45, 2.75) is 39.1 Å². The summed E-state index contributed by atoms with van der Waals surface area (Å²) in [4.78, 5) is 24.6. The fraction of sp³-hybridized carbons (Fsp3) is 0.265. The number of amides is 2. The number of nitrogens with zero attached hydrogens (tertiary/aromatic N) is 1. The zero-order valence-corrected chi connectivity index (χ0v) is 28.0. The van der Waals surface area contributed by atoms with Gasteiger partial charge in [-0.1, -0.05) is 24.3 Å². The molecule has 12 heteroatoms. The highest BCUT2D eigenvalue weighted by atomic mass is 127. The quantitative estimate of drug-likeness (QED) is 0.0421. The number of halogens is 1. The highest BCUT2D eigenvalue weighted by Crippen LogP contribution is 2.35. The minimum atomic E-state index is -1.13. The number of methoxy groups -OCH3 is 1. The van der Waals surface area contributed by atoms with Crippen molar-refractivity contribution in [1.29, 1.82) is 0 Å². The van der Waals surface area contributed by atoms with Crippen molar-refractivity contribution < 1.29 is 33.6 Å². The van der Waals surface area contributed by atoms with E-state index in [0.717, 1.165) is 22.4 Å². The van der Waals surface area contributed by atoms with Gasteiger partial charge in [-0.3, -0.25) is 5.43 Å². The summed E-state index contributed by atoms with van der Waals surface area (Å²) in [7, 11) is 1.28. The SMILES string of the molecule is C=CCc1cc(/C=N\N[C@H](O)COc2ccc([C@@H]3NC(=O)NC(C)=C3C(=O)OC)cc2OCC)ccc1OCc1ccc(I)cc1. The van der Waals surface area contributed by atoms with Crippen molar-refractivity contribution in [3.63, 3.8) is 0 Å². The topological polar surface area (TPSA) is 140 Å². The zero-order valence-electron chi connectivity index (χ0n) is 25.8. The highest BCUT2D eigenvalue weighted by molar-refractivity contribution is 14.1. The molecule has 4 N–H and O–H groups in total. The van der Waals surface area contributed by atoms with E-state index in [0.29, 0.717) is 42.4 Å². The number of aliphatic hydroxyl groups is 1. The summed E-state index contributed by atoms with van der Waals surface area (Å²) in [6.45, 7) is 7.96. The number of carbonyl (C=O) groups is 2. The molecule has 0 radical (unpaired) electrons. The van der Waals surface area contributed by atoms with Crippen molar-refractivity contribution in [1.82, 2.24) is 16.1 Å². The third-order valence-corrected chi connectivity index (χ3v) is 7.58. The van der Waals surface area contributed by atoms with Gasteiger partial charge in [0.15, 0.2) is 17.7 Å². The molecule has 1 aliphatic rings. The van der Waals surface area contributed by atoms with E-state index < -0.39 is 24.3 Å². The van der Waals surface area contributed by atoms with E-state index in [4.69, 9.17) is 18.9 Å². The van der Waals surface area contributed by atoms with Crippen LogP contribution in [-0.2, 0) is 22.6 Å². The first-order valence-electron chi connectivity index (χ1n) is 14.6. The Balaban J connectivity index is 1.37. The van der Waals surface area contributed by atoms with Gasteiger partial charge in [0, 0.05) is 9.27 Å². The summed E-state index contributed by atoms with van der Waals surface area (Å²) in [5, 5.41) is 20.0. The van der Waals surface area contributed by atoms with E-state index >= 15 is 0 Å².